The molecule has 174 valence electrons. The monoisotopic (exact) mass is 449 g/mol. The number of hydrogen-bond donors (Lipinski definition) is 1. The van der Waals surface area contributed by atoms with Crippen LogP contribution in [0.3, 0.4) is 0 Å². The van der Waals surface area contributed by atoms with E-state index in [0.717, 1.165) is 11.1 Å². The van der Waals surface area contributed by atoms with Gasteiger partial charge >= 0.3 is 0 Å². The van der Waals surface area contributed by atoms with Crippen LogP contribution in [0.25, 0.3) is 0 Å². The summed E-state index contributed by atoms with van der Waals surface area (Å²) in [4.78, 5) is 53.8. The van der Waals surface area contributed by atoms with Gasteiger partial charge in [0, 0.05) is 26.1 Å². The van der Waals surface area contributed by atoms with Gasteiger partial charge in [0.25, 0.3) is 11.8 Å². The van der Waals surface area contributed by atoms with Crippen LogP contribution in [0, 0.1) is 6.92 Å². The van der Waals surface area contributed by atoms with Crippen LogP contribution in [0.2, 0.25) is 0 Å². The highest BCUT2D eigenvalue weighted by Crippen LogP contribution is 2.23. The summed E-state index contributed by atoms with van der Waals surface area (Å²) in [5.41, 5.74) is 2.86. The van der Waals surface area contributed by atoms with Crippen molar-refractivity contribution >= 4 is 23.6 Å². The van der Waals surface area contributed by atoms with Crippen LogP contribution in [0.1, 0.15) is 65.0 Å². The molecule has 1 heterocycles. The normalized spacial score (nSPS) is 13.6. The first-order valence-electron chi connectivity index (χ1n) is 11.4. The smallest absolute Gasteiger partial charge is 0.261 e. The lowest BCUT2D eigenvalue weighted by Gasteiger charge is -2.31. The Morgan fingerprint density at radius 2 is 1.58 bits per heavy atom. The zero-order valence-corrected chi connectivity index (χ0v) is 19.5. The van der Waals surface area contributed by atoms with E-state index in [2.05, 4.69) is 5.32 Å². The lowest BCUT2D eigenvalue weighted by Crippen LogP contribution is -2.49. The van der Waals surface area contributed by atoms with E-state index in [-0.39, 0.29) is 36.6 Å². The van der Waals surface area contributed by atoms with Gasteiger partial charge in [-0.1, -0.05) is 48.9 Å². The van der Waals surface area contributed by atoms with Gasteiger partial charge in [-0.3, -0.25) is 24.1 Å². The Morgan fingerprint density at radius 3 is 2.12 bits per heavy atom. The molecular formula is C26H31N3O4. The van der Waals surface area contributed by atoms with E-state index < -0.39 is 6.04 Å². The second-order valence-electron chi connectivity index (χ2n) is 8.24. The summed E-state index contributed by atoms with van der Waals surface area (Å²) in [7, 11) is 0. The third kappa shape index (κ3) is 5.48. The molecule has 2 aromatic rings. The largest absolute Gasteiger partial charge is 0.355 e. The lowest BCUT2D eigenvalue weighted by molar-refractivity contribution is -0.141. The summed E-state index contributed by atoms with van der Waals surface area (Å²) >= 11 is 0. The molecule has 0 aliphatic carbocycles. The summed E-state index contributed by atoms with van der Waals surface area (Å²) in [6.07, 6.45) is 0.956. The van der Waals surface area contributed by atoms with E-state index in [9.17, 15) is 19.2 Å². The third-order valence-corrected chi connectivity index (χ3v) is 5.86. The van der Waals surface area contributed by atoms with Crippen LogP contribution in [0.15, 0.2) is 48.5 Å². The molecule has 1 N–H and O–H groups in total. The minimum atomic E-state index is -0.585. The van der Waals surface area contributed by atoms with E-state index >= 15 is 0 Å². The highest BCUT2D eigenvalue weighted by atomic mass is 16.2. The molecule has 0 unspecified atom stereocenters. The van der Waals surface area contributed by atoms with E-state index in [1.807, 2.05) is 45.0 Å². The van der Waals surface area contributed by atoms with E-state index in [4.69, 9.17) is 0 Å². The molecule has 3 rings (SSSR count). The van der Waals surface area contributed by atoms with E-state index in [1.54, 1.807) is 29.2 Å². The molecule has 0 saturated heterocycles. The van der Waals surface area contributed by atoms with Gasteiger partial charge < -0.3 is 10.2 Å². The second kappa shape index (κ2) is 10.9. The summed E-state index contributed by atoms with van der Waals surface area (Å²) in [5.74, 6) is -1.01. The number of aryl methyl sites for hydroxylation is 1. The molecule has 2 aromatic carbocycles. The molecule has 0 aromatic heterocycles. The minimum Gasteiger partial charge on any atom is -0.355 e. The molecule has 1 aliphatic heterocycles. The Hall–Kier alpha value is -3.48. The Morgan fingerprint density at radius 1 is 0.970 bits per heavy atom. The van der Waals surface area contributed by atoms with Crippen molar-refractivity contribution in [3.63, 3.8) is 0 Å². The standard InChI is InChI=1S/C26H31N3O4/c1-4-22(24(31)27-5-2)29(17-19-14-12-18(3)13-15-19)23(30)11-8-16-28-25(32)20-9-6-7-10-21(20)26(28)33/h6-7,9-10,12-15,22H,4-5,8,11,16-17H2,1-3H3,(H,27,31)/t22-/m0/s1. The molecule has 0 bridgehead atoms. The Bertz CT molecular complexity index is 997. The highest BCUT2D eigenvalue weighted by Gasteiger charge is 2.35. The number of benzene rings is 2. The molecule has 1 aliphatic rings. The van der Waals surface area contributed by atoms with E-state index in [0.29, 0.717) is 37.1 Å². The van der Waals surface area contributed by atoms with Crippen molar-refractivity contribution in [2.45, 2.75) is 52.6 Å². The summed E-state index contributed by atoms with van der Waals surface area (Å²) in [6, 6.07) is 14.0. The Labute approximate surface area is 194 Å². The fraction of sp³-hybridized carbons (Fsp3) is 0.385. The molecule has 33 heavy (non-hydrogen) atoms. The van der Waals surface area contributed by atoms with Gasteiger partial charge in [-0.05, 0) is 44.4 Å². The molecular weight excluding hydrogens is 418 g/mol. The number of nitrogens with zero attached hydrogens (tertiary/aromatic N) is 2. The first kappa shape index (κ1) is 24.2. The molecule has 1 atom stereocenters. The number of imide groups is 1. The van der Waals surface area contributed by atoms with Crippen molar-refractivity contribution in [1.82, 2.24) is 15.1 Å². The average Bonchev–Trinajstić information content (AvgIpc) is 3.05. The summed E-state index contributed by atoms with van der Waals surface area (Å²) in [5, 5.41) is 2.82. The van der Waals surface area contributed by atoms with Crippen molar-refractivity contribution in [3.8, 4) is 0 Å². The van der Waals surface area contributed by atoms with Gasteiger partial charge in [-0.25, -0.2) is 0 Å². The van der Waals surface area contributed by atoms with Gasteiger partial charge in [0.05, 0.1) is 11.1 Å². The molecule has 0 saturated carbocycles. The quantitative estimate of drug-likeness (QED) is 0.564. The second-order valence-corrected chi connectivity index (χ2v) is 8.24. The van der Waals surface area contributed by atoms with Gasteiger partial charge in [0.2, 0.25) is 11.8 Å². The van der Waals surface area contributed by atoms with Crippen molar-refractivity contribution in [3.05, 3.63) is 70.8 Å². The maximum atomic E-state index is 13.2. The van der Waals surface area contributed by atoms with Crippen molar-refractivity contribution < 1.29 is 19.2 Å². The zero-order chi connectivity index (χ0) is 24.0. The predicted molar refractivity (Wildman–Crippen MR) is 126 cm³/mol. The molecule has 0 fully saturated rings. The number of carbonyl (C=O) groups is 4. The van der Waals surface area contributed by atoms with Crippen molar-refractivity contribution in [1.29, 1.82) is 0 Å². The van der Waals surface area contributed by atoms with Crippen LogP contribution < -0.4 is 5.32 Å². The number of amides is 4. The summed E-state index contributed by atoms with van der Waals surface area (Å²) in [6.45, 7) is 6.69. The van der Waals surface area contributed by atoms with Crippen LogP contribution in [0.5, 0.6) is 0 Å². The van der Waals surface area contributed by atoms with Gasteiger partial charge in [-0.15, -0.1) is 0 Å². The number of carbonyl (C=O) groups excluding carboxylic acids is 4. The van der Waals surface area contributed by atoms with Crippen molar-refractivity contribution in [2.75, 3.05) is 13.1 Å². The lowest BCUT2D eigenvalue weighted by atomic mass is 10.1. The number of hydrogen-bond acceptors (Lipinski definition) is 4. The van der Waals surface area contributed by atoms with Gasteiger partial charge in [0.15, 0.2) is 0 Å². The molecule has 7 nitrogen and oxygen atoms in total. The van der Waals surface area contributed by atoms with Crippen LogP contribution >= 0.6 is 0 Å². The fourth-order valence-corrected chi connectivity index (χ4v) is 4.08. The first-order chi connectivity index (χ1) is 15.9. The van der Waals surface area contributed by atoms with Crippen LogP contribution in [-0.4, -0.2) is 52.6 Å². The maximum Gasteiger partial charge on any atom is 0.261 e. The molecule has 4 amide bonds. The fourth-order valence-electron chi connectivity index (χ4n) is 4.08. The van der Waals surface area contributed by atoms with E-state index in [1.165, 1.54) is 4.90 Å². The SMILES string of the molecule is CCNC(=O)[C@H](CC)N(Cc1ccc(C)cc1)C(=O)CCCN1C(=O)c2ccccc2C1=O. The number of nitrogens with one attached hydrogen (secondary N) is 1. The predicted octanol–water partition coefficient (Wildman–Crippen LogP) is 3.31. The number of rotatable bonds is 10. The summed E-state index contributed by atoms with van der Waals surface area (Å²) < 4.78 is 0. The van der Waals surface area contributed by atoms with Crippen LogP contribution in [-0.2, 0) is 16.1 Å². The average molecular weight is 450 g/mol. The van der Waals surface area contributed by atoms with Gasteiger partial charge in [0.1, 0.15) is 6.04 Å². The first-order valence-corrected chi connectivity index (χ1v) is 11.4. The molecule has 0 spiro atoms. The highest BCUT2D eigenvalue weighted by molar-refractivity contribution is 6.21. The molecule has 0 radical (unpaired) electrons. The Kier molecular flexibility index (Phi) is 7.98. The number of likely N-dealkylation sites (N-methyl/N-ethyl adjacent to an activating group) is 1. The molecule has 7 heteroatoms. The Balaban J connectivity index is 1.69. The number of fused-ring (bicyclic) bond motifs is 1. The topological polar surface area (TPSA) is 86.8 Å². The maximum absolute atomic E-state index is 13.2. The van der Waals surface area contributed by atoms with Crippen molar-refractivity contribution in [2.24, 2.45) is 0 Å². The zero-order valence-electron chi connectivity index (χ0n) is 19.5. The van der Waals surface area contributed by atoms with Crippen LogP contribution in [0.4, 0.5) is 0 Å². The minimum absolute atomic E-state index is 0.134. The van der Waals surface area contributed by atoms with Gasteiger partial charge in [-0.2, -0.15) is 0 Å². The third-order valence-electron chi connectivity index (χ3n) is 5.86.